The maximum absolute atomic E-state index is 12.4. The molecular weight excluding hydrogens is 294 g/mol. The molecule has 0 radical (unpaired) electrons. The summed E-state index contributed by atoms with van der Waals surface area (Å²) in [5.41, 5.74) is 1.99. The first kappa shape index (κ1) is 15.1. The van der Waals surface area contributed by atoms with Crippen LogP contribution in [0, 0.1) is 5.92 Å². The van der Waals surface area contributed by atoms with Gasteiger partial charge in [0.05, 0.1) is 18.6 Å². The number of para-hydroxylation sites is 1. The van der Waals surface area contributed by atoms with Crippen LogP contribution in [0.1, 0.15) is 15.9 Å². The van der Waals surface area contributed by atoms with Crippen LogP contribution in [0.15, 0.2) is 48.5 Å². The van der Waals surface area contributed by atoms with Gasteiger partial charge >= 0.3 is 5.97 Å². The van der Waals surface area contributed by atoms with Crippen molar-refractivity contribution in [3.05, 3.63) is 59.7 Å². The molecule has 3 rings (SSSR count). The highest BCUT2D eigenvalue weighted by Gasteiger charge is 2.25. The number of methoxy groups -OCH3 is 1. The van der Waals surface area contributed by atoms with Crippen LogP contribution in [0.25, 0.3) is 0 Å². The first-order valence-corrected chi connectivity index (χ1v) is 7.37. The van der Waals surface area contributed by atoms with E-state index in [1.165, 1.54) is 7.11 Å². The third-order valence-corrected chi connectivity index (χ3v) is 3.80. The molecule has 0 saturated heterocycles. The molecule has 2 aromatic rings. The Morgan fingerprint density at radius 1 is 1.17 bits per heavy atom. The van der Waals surface area contributed by atoms with E-state index in [9.17, 15) is 9.59 Å². The van der Waals surface area contributed by atoms with Crippen molar-refractivity contribution in [2.75, 3.05) is 19.0 Å². The number of hydrogen-bond acceptors (Lipinski definition) is 4. The number of rotatable bonds is 3. The summed E-state index contributed by atoms with van der Waals surface area (Å²) >= 11 is 0. The summed E-state index contributed by atoms with van der Waals surface area (Å²) in [6, 6.07) is 14.4. The fourth-order valence-corrected chi connectivity index (χ4v) is 2.58. The molecule has 0 fully saturated rings. The Morgan fingerprint density at radius 2 is 2.00 bits per heavy atom. The zero-order valence-electron chi connectivity index (χ0n) is 12.7. The van der Waals surface area contributed by atoms with Gasteiger partial charge in [-0.3, -0.25) is 4.79 Å². The van der Waals surface area contributed by atoms with Gasteiger partial charge in [0, 0.05) is 5.69 Å². The molecule has 1 amide bonds. The summed E-state index contributed by atoms with van der Waals surface area (Å²) < 4.78 is 10.3. The van der Waals surface area contributed by atoms with Gasteiger partial charge in [-0.25, -0.2) is 4.79 Å². The Kier molecular flexibility index (Phi) is 4.28. The number of amides is 1. The minimum atomic E-state index is -0.434. The largest absolute Gasteiger partial charge is 0.492 e. The lowest BCUT2D eigenvalue weighted by Gasteiger charge is -2.24. The third-order valence-electron chi connectivity index (χ3n) is 3.80. The average molecular weight is 311 g/mol. The van der Waals surface area contributed by atoms with Crippen LogP contribution in [-0.4, -0.2) is 25.6 Å². The predicted molar refractivity (Wildman–Crippen MR) is 85.5 cm³/mol. The second kappa shape index (κ2) is 6.52. The number of esters is 1. The van der Waals surface area contributed by atoms with Crippen LogP contribution in [0.2, 0.25) is 0 Å². The first-order chi connectivity index (χ1) is 11.2. The number of hydrogen-bond donors (Lipinski definition) is 1. The summed E-state index contributed by atoms with van der Waals surface area (Å²) in [7, 11) is 1.32. The molecule has 0 bridgehead atoms. The Bertz CT molecular complexity index is 741. The minimum absolute atomic E-state index is 0.124. The minimum Gasteiger partial charge on any atom is -0.492 e. The number of ether oxygens (including phenoxy) is 2. The fourth-order valence-electron chi connectivity index (χ4n) is 2.58. The highest BCUT2D eigenvalue weighted by Crippen LogP contribution is 2.27. The topological polar surface area (TPSA) is 64.6 Å². The van der Waals surface area contributed by atoms with E-state index >= 15 is 0 Å². The molecule has 118 valence electrons. The van der Waals surface area contributed by atoms with E-state index in [0.29, 0.717) is 24.3 Å². The lowest BCUT2D eigenvalue weighted by atomic mass is 9.96. The van der Waals surface area contributed by atoms with E-state index in [4.69, 9.17) is 4.74 Å². The summed E-state index contributed by atoms with van der Waals surface area (Å²) in [5.74, 6) is 0.0217. The molecule has 1 aliphatic rings. The predicted octanol–water partition coefficient (Wildman–Crippen LogP) is 2.66. The zero-order chi connectivity index (χ0) is 16.2. The van der Waals surface area contributed by atoms with E-state index in [2.05, 4.69) is 10.1 Å². The van der Waals surface area contributed by atoms with E-state index < -0.39 is 5.97 Å². The highest BCUT2D eigenvalue weighted by molar-refractivity contribution is 5.95. The standard InChI is InChI=1S/C18H17NO4/c1-22-18(21)13-6-4-7-15(10-13)19-17(20)14-9-12-5-2-3-8-16(12)23-11-14/h2-8,10,14H,9,11H2,1H3,(H,19,20)/t14-/m1/s1. The molecule has 1 N–H and O–H groups in total. The highest BCUT2D eigenvalue weighted by atomic mass is 16.5. The van der Waals surface area contributed by atoms with Gasteiger partial charge in [0.25, 0.3) is 0 Å². The van der Waals surface area contributed by atoms with Gasteiger partial charge in [0.2, 0.25) is 5.91 Å². The Morgan fingerprint density at radius 3 is 2.83 bits per heavy atom. The number of carbonyl (C=O) groups is 2. The van der Waals surface area contributed by atoms with Crippen molar-refractivity contribution < 1.29 is 19.1 Å². The Hall–Kier alpha value is -2.82. The van der Waals surface area contributed by atoms with Crippen molar-refractivity contribution in [2.24, 2.45) is 5.92 Å². The Balaban J connectivity index is 1.69. The van der Waals surface area contributed by atoms with Gasteiger partial charge in [-0.2, -0.15) is 0 Å². The van der Waals surface area contributed by atoms with E-state index in [0.717, 1.165) is 11.3 Å². The molecule has 5 nitrogen and oxygen atoms in total. The summed E-state index contributed by atoms with van der Waals surface area (Å²) in [6.45, 7) is 0.347. The number of anilines is 1. The number of fused-ring (bicyclic) bond motifs is 1. The molecule has 0 aromatic heterocycles. The first-order valence-electron chi connectivity index (χ1n) is 7.37. The molecule has 1 heterocycles. The summed E-state index contributed by atoms with van der Waals surface area (Å²) in [5, 5.41) is 2.84. The number of nitrogens with one attached hydrogen (secondary N) is 1. The summed E-state index contributed by atoms with van der Waals surface area (Å²) in [6.07, 6.45) is 0.638. The monoisotopic (exact) mass is 311 g/mol. The van der Waals surface area contributed by atoms with Crippen LogP contribution in [0.5, 0.6) is 5.75 Å². The van der Waals surface area contributed by atoms with Crippen molar-refractivity contribution >= 4 is 17.6 Å². The smallest absolute Gasteiger partial charge is 0.337 e. The van der Waals surface area contributed by atoms with Crippen molar-refractivity contribution in [2.45, 2.75) is 6.42 Å². The SMILES string of the molecule is COC(=O)c1cccc(NC(=O)[C@H]2COc3ccccc3C2)c1. The quantitative estimate of drug-likeness (QED) is 0.885. The maximum Gasteiger partial charge on any atom is 0.337 e. The van der Waals surface area contributed by atoms with Gasteiger partial charge in [-0.05, 0) is 36.2 Å². The second-order valence-electron chi connectivity index (χ2n) is 5.38. The van der Waals surface area contributed by atoms with Crippen molar-refractivity contribution in [3.8, 4) is 5.75 Å². The van der Waals surface area contributed by atoms with Crippen LogP contribution in [-0.2, 0) is 16.0 Å². The van der Waals surface area contributed by atoms with Crippen LogP contribution in [0.3, 0.4) is 0 Å². The lowest BCUT2D eigenvalue weighted by molar-refractivity contribution is -0.121. The molecule has 0 spiro atoms. The van der Waals surface area contributed by atoms with Crippen molar-refractivity contribution in [1.29, 1.82) is 0 Å². The average Bonchev–Trinajstić information content (AvgIpc) is 2.60. The van der Waals surface area contributed by atoms with E-state index in [1.807, 2.05) is 24.3 Å². The third kappa shape index (κ3) is 3.34. The van der Waals surface area contributed by atoms with Gasteiger partial charge in [-0.1, -0.05) is 24.3 Å². The molecule has 0 saturated carbocycles. The van der Waals surface area contributed by atoms with Gasteiger partial charge < -0.3 is 14.8 Å². The van der Waals surface area contributed by atoms with Gasteiger partial charge in [0.1, 0.15) is 12.4 Å². The molecule has 1 aliphatic heterocycles. The zero-order valence-corrected chi connectivity index (χ0v) is 12.7. The second-order valence-corrected chi connectivity index (χ2v) is 5.38. The molecule has 23 heavy (non-hydrogen) atoms. The molecule has 5 heteroatoms. The van der Waals surface area contributed by atoms with E-state index in [1.54, 1.807) is 24.3 Å². The van der Waals surface area contributed by atoms with Gasteiger partial charge in [-0.15, -0.1) is 0 Å². The van der Waals surface area contributed by atoms with Crippen molar-refractivity contribution in [3.63, 3.8) is 0 Å². The molecule has 2 aromatic carbocycles. The normalized spacial score (nSPS) is 16.0. The number of benzene rings is 2. The Labute approximate surface area is 134 Å². The fraction of sp³-hybridized carbons (Fsp3) is 0.222. The van der Waals surface area contributed by atoms with Crippen LogP contribution in [0.4, 0.5) is 5.69 Å². The van der Waals surface area contributed by atoms with Crippen LogP contribution >= 0.6 is 0 Å². The maximum atomic E-state index is 12.4. The molecule has 1 atom stereocenters. The van der Waals surface area contributed by atoms with E-state index in [-0.39, 0.29) is 11.8 Å². The van der Waals surface area contributed by atoms with Gasteiger partial charge in [0.15, 0.2) is 0 Å². The lowest BCUT2D eigenvalue weighted by Crippen LogP contribution is -2.32. The molecule has 0 aliphatic carbocycles. The van der Waals surface area contributed by atoms with Crippen molar-refractivity contribution in [1.82, 2.24) is 0 Å². The molecular formula is C18H17NO4. The van der Waals surface area contributed by atoms with Crippen LogP contribution < -0.4 is 10.1 Å². The molecule has 0 unspecified atom stereocenters. The summed E-state index contributed by atoms with van der Waals surface area (Å²) in [4.78, 5) is 24.0. The number of carbonyl (C=O) groups excluding carboxylic acids is 2.